The van der Waals surface area contributed by atoms with Gasteiger partial charge in [-0.25, -0.2) is 4.98 Å². The fourth-order valence-electron chi connectivity index (χ4n) is 2.41. The molecule has 2 aromatic rings. The summed E-state index contributed by atoms with van der Waals surface area (Å²) in [6.45, 7) is 4.10. The first-order chi connectivity index (χ1) is 11.1. The Kier molecular flexibility index (Phi) is 5.98. The third-order valence-electron chi connectivity index (χ3n) is 3.54. The lowest BCUT2D eigenvalue weighted by Crippen LogP contribution is -2.21. The molecule has 1 aromatic heterocycles. The fourth-order valence-corrected chi connectivity index (χ4v) is 2.82. The summed E-state index contributed by atoms with van der Waals surface area (Å²) in [7, 11) is 0. The summed E-state index contributed by atoms with van der Waals surface area (Å²) >= 11 is 1.54. The molecule has 0 spiro atoms. The molecule has 0 bridgehead atoms. The summed E-state index contributed by atoms with van der Waals surface area (Å²) in [5, 5.41) is 2.93. The smallest absolute Gasteiger partial charge is 0.274 e. The Hall–Kier alpha value is -2.08. The third kappa shape index (κ3) is 4.22. The minimum Gasteiger partial charge on any atom is -0.320 e. The Morgan fingerprint density at radius 1 is 1.26 bits per heavy atom. The molecule has 0 radical (unpaired) electrons. The number of amides is 1. The van der Waals surface area contributed by atoms with Crippen molar-refractivity contribution in [3.63, 3.8) is 0 Å². The number of benzene rings is 1. The van der Waals surface area contributed by atoms with Crippen LogP contribution in [-0.2, 0) is 18.6 Å². The number of nitrogens with one attached hydrogen (secondary N) is 2. The molecule has 1 heterocycles. The second-order valence-electron chi connectivity index (χ2n) is 5.12. The summed E-state index contributed by atoms with van der Waals surface area (Å²) in [5.74, 6) is 0.714. The minimum atomic E-state index is -0.353. The van der Waals surface area contributed by atoms with E-state index in [-0.39, 0.29) is 17.2 Å². The number of aryl methyl sites for hydroxylation is 2. The molecular weight excluding hydrogens is 310 g/mol. The Balaban J connectivity index is 2.34. The summed E-state index contributed by atoms with van der Waals surface area (Å²) in [5.41, 5.74) is 2.81. The molecule has 0 saturated carbocycles. The van der Waals surface area contributed by atoms with Crippen molar-refractivity contribution in [2.24, 2.45) is 0 Å². The summed E-state index contributed by atoms with van der Waals surface area (Å²) < 4.78 is 0. The van der Waals surface area contributed by atoms with Crippen LogP contribution in [0.4, 0.5) is 5.69 Å². The van der Waals surface area contributed by atoms with Crippen LogP contribution in [0, 0.1) is 0 Å². The molecule has 1 aromatic carbocycles. The SMILES string of the molecule is CCc1cccc(CC)c1NC(=O)c1cc(=O)[nH]c(CSC)n1. The molecule has 5 nitrogen and oxygen atoms in total. The van der Waals surface area contributed by atoms with Crippen LogP contribution >= 0.6 is 11.8 Å². The van der Waals surface area contributed by atoms with Crippen LogP contribution in [-0.4, -0.2) is 22.1 Å². The molecule has 1 amide bonds. The second kappa shape index (κ2) is 7.97. The van der Waals surface area contributed by atoms with E-state index in [0.29, 0.717) is 11.6 Å². The highest BCUT2D eigenvalue weighted by molar-refractivity contribution is 7.97. The lowest BCUT2D eigenvalue weighted by Gasteiger charge is -2.14. The lowest BCUT2D eigenvalue weighted by atomic mass is 10.0. The zero-order valence-corrected chi connectivity index (χ0v) is 14.4. The third-order valence-corrected chi connectivity index (χ3v) is 4.10. The van der Waals surface area contributed by atoms with E-state index in [1.165, 1.54) is 17.8 Å². The van der Waals surface area contributed by atoms with E-state index in [2.05, 4.69) is 15.3 Å². The van der Waals surface area contributed by atoms with Crippen LogP contribution < -0.4 is 10.9 Å². The van der Waals surface area contributed by atoms with Gasteiger partial charge < -0.3 is 10.3 Å². The van der Waals surface area contributed by atoms with Gasteiger partial charge in [0.1, 0.15) is 11.5 Å². The molecular formula is C17H21N3O2S. The largest absolute Gasteiger partial charge is 0.320 e. The van der Waals surface area contributed by atoms with Crippen molar-refractivity contribution in [2.75, 3.05) is 11.6 Å². The fraction of sp³-hybridized carbons (Fsp3) is 0.353. The maximum atomic E-state index is 12.5. The minimum absolute atomic E-state index is 0.144. The molecule has 0 atom stereocenters. The molecule has 6 heteroatoms. The first-order valence-corrected chi connectivity index (χ1v) is 8.99. The number of thioether (sulfide) groups is 1. The average Bonchev–Trinajstić information content (AvgIpc) is 2.54. The standard InChI is InChI=1S/C17H21N3O2S/c1-4-11-7-6-8-12(5-2)16(11)20-17(22)13-9-15(21)19-14(18-13)10-23-3/h6-9H,4-5,10H2,1-3H3,(H,20,22)(H,18,19,21). The van der Waals surface area contributed by atoms with Crippen molar-refractivity contribution in [1.29, 1.82) is 0 Å². The molecule has 2 N–H and O–H groups in total. The van der Waals surface area contributed by atoms with Crippen LogP contribution in [0.25, 0.3) is 0 Å². The molecule has 0 aliphatic carbocycles. The summed E-state index contributed by atoms with van der Waals surface area (Å²) in [4.78, 5) is 31.1. The maximum Gasteiger partial charge on any atom is 0.274 e. The zero-order valence-electron chi connectivity index (χ0n) is 13.6. The van der Waals surface area contributed by atoms with Gasteiger partial charge in [-0.15, -0.1) is 0 Å². The van der Waals surface area contributed by atoms with Gasteiger partial charge in [-0.3, -0.25) is 9.59 Å². The summed E-state index contributed by atoms with van der Waals surface area (Å²) in [6, 6.07) is 7.23. The van der Waals surface area contributed by atoms with E-state index in [0.717, 1.165) is 29.7 Å². The molecule has 0 saturated heterocycles. The second-order valence-corrected chi connectivity index (χ2v) is 5.99. The van der Waals surface area contributed by atoms with Crippen LogP contribution in [0.3, 0.4) is 0 Å². The normalized spacial score (nSPS) is 10.6. The van der Waals surface area contributed by atoms with E-state index in [1.807, 2.05) is 38.3 Å². The van der Waals surface area contributed by atoms with Crippen molar-refractivity contribution < 1.29 is 4.79 Å². The predicted molar refractivity (Wildman–Crippen MR) is 95.2 cm³/mol. The van der Waals surface area contributed by atoms with Gasteiger partial charge in [0.15, 0.2) is 0 Å². The highest BCUT2D eigenvalue weighted by Crippen LogP contribution is 2.23. The first-order valence-electron chi connectivity index (χ1n) is 7.60. The van der Waals surface area contributed by atoms with E-state index in [1.54, 1.807) is 0 Å². The molecule has 0 unspecified atom stereocenters. The highest BCUT2D eigenvalue weighted by Gasteiger charge is 2.14. The van der Waals surface area contributed by atoms with Crippen LogP contribution in [0.2, 0.25) is 0 Å². The quantitative estimate of drug-likeness (QED) is 0.853. The number of aromatic nitrogens is 2. The Morgan fingerprint density at radius 2 is 1.91 bits per heavy atom. The number of carbonyl (C=O) groups is 1. The zero-order chi connectivity index (χ0) is 16.8. The molecule has 2 rings (SSSR count). The first kappa shape index (κ1) is 17.3. The van der Waals surface area contributed by atoms with Gasteiger partial charge in [0.25, 0.3) is 11.5 Å². The van der Waals surface area contributed by atoms with Crippen LogP contribution in [0.15, 0.2) is 29.1 Å². The van der Waals surface area contributed by atoms with E-state index >= 15 is 0 Å². The lowest BCUT2D eigenvalue weighted by molar-refractivity contribution is 0.102. The van der Waals surface area contributed by atoms with Gasteiger partial charge in [0.2, 0.25) is 0 Å². The van der Waals surface area contributed by atoms with Crippen LogP contribution in [0.5, 0.6) is 0 Å². The number of hydrogen-bond acceptors (Lipinski definition) is 4. The summed E-state index contributed by atoms with van der Waals surface area (Å²) in [6.07, 6.45) is 3.56. The van der Waals surface area contributed by atoms with Crippen molar-refractivity contribution in [3.8, 4) is 0 Å². The molecule has 23 heavy (non-hydrogen) atoms. The maximum absolute atomic E-state index is 12.5. The van der Waals surface area contributed by atoms with Crippen molar-refractivity contribution in [1.82, 2.24) is 9.97 Å². The molecule has 0 fully saturated rings. The van der Waals surface area contributed by atoms with Gasteiger partial charge in [-0.2, -0.15) is 11.8 Å². The molecule has 0 aliphatic heterocycles. The van der Waals surface area contributed by atoms with E-state index < -0.39 is 0 Å². The predicted octanol–water partition coefficient (Wildman–Crippen LogP) is 3.01. The van der Waals surface area contributed by atoms with Gasteiger partial charge in [-0.1, -0.05) is 32.0 Å². The number of rotatable bonds is 6. The monoisotopic (exact) mass is 331 g/mol. The number of anilines is 1. The number of H-pyrrole nitrogens is 1. The van der Waals surface area contributed by atoms with E-state index in [9.17, 15) is 9.59 Å². The topological polar surface area (TPSA) is 74.8 Å². The van der Waals surface area contributed by atoms with Crippen molar-refractivity contribution >= 4 is 23.4 Å². The van der Waals surface area contributed by atoms with Gasteiger partial charge in [0, 0.05) is 11.8 Å². The average molecular weight is 331 g/mol. The number of nitrogens with zero attached hydrogens (tertiary/aromatic N) is 1. The number of para-hydroxylation sites is 1. The van der Waals surface area contributed by atoms with Crippen molar-refractivity contribution in [3.05, 3.63) is 57.3 Å². The Morgan fingerprint density at radius 3 is 2.48 bits per heavy atom. The highest BCUT2D eigenvalue weighted by atomic mass is 32.2. The Labute approximate surface area is 139 Å². The van der Waals surface area contributed by atoms with Gasteiger partial charge >= 0.3 is 0 Å². The number of hydrogen-bond donors (Lipinski definition) is 2. The Bertz CT molecular complexity index is 733. The molecule has 122 valence electrons. The molecule has 0 aliphatic rings. The van der Waals surface area contributed by atoms with Crippen LogP contribution in [0.1, 0.15) is 41.3 Å². The number of aromatic amines is 1. The number of carbonyl (C=O) groups excluding carboxylic acids is 1. The van der Waals surface area contributed by atoms with Gasteiger partial charge in [-0.05, 0) is 30.2 Å². The van der Waals surface area contributed by atoms with Gasteiger partial charge in [0.05, 0.1) is 5.75 Å². The van der Waals surface area contributed by atoms with E-state index in [4.69, 9.17) is 0 Å². The van der Waals surface area contributed by atoms with Crippen molar-refractivity contribution in [2.45, 2.75) is 32.4 Å².